The fraction of sp³-hybridized carbons (Fsp3) is 0.417. The van der Waals surface area contributed by atoms with Crippen LogP contribution in [0.25, 0.3) is 22.0 Å². The van der Waals surface area contributed by atoms with Gasteiger partial charge in [0.1, 0.15) is 18.1 Å². The van der Waals surface area contributed by atoms with Gasteiger partial charge in [-0.05, 0) is 48.9 Å². The summed E-state index contributed by atoms with van der Waals surface area (Å²) in [6.07, 6.45) is -0.146. The number of benzene rings is 3. The van der Waals surface area contributed by atoms with Gasteiger partial charge in [0.25, 0.3) is 5.91 Å². The number of rotatable bonds is 6. The van der Waals surface area contributed by atoms with Crippen molar-refractivity contribution in [1.29, 1.82) is 0 Å². The van der Waals surface area contributed by atoms with E-state index < -0.39 is 0 Å². The summed E-state index contributed by atoms with van der Waals surface area (Å²) in [5.41, 5.74) is 6.93. The Morgan fingerprint density at radius 3 is 2.66 bits per heavy atom. The molecule has 1 N–H and O–H groups in total. The van der Waals surface area contributed by atoms with Gasteiger partial charge in [-0.2, -0.15) is 0 Å². The second-order valence-corrected chi connectivity index (χ2v) is 12.5. The van der Waals surface area contributed by atoms with E-state index in [2.05, 4.69) is 73.3 Å². The van der Waals surface area contributed by atoms with Gasteiger partial charge in [-0.25, -0.2) is 0 Å². The molecule has 0 bridgehead atoms. The Morgan fingerprint density at radius 1 is 1.07 bits per heavy atom. The van der Waals surface area contributed by atoms with Gasteiger partial charge in [-0.15, -0.1) is 0 Å². The summed E-state index contributed by atoms with van der Waals surface area (Å²) in [5, 5.41) is 11.3. The number of para-hydroxylation sites is 1. The molecule has 3 heterocycles. The van der Waals surface area contributed by atoms with Crippen LogP contribution in [0, 0.1) is 5.92 Å². The number of carbonyl (C=O) groups is 1. The fourth-order valence-electron chi connectivity index (χ4n) is 6.71. The number of aliphatic hydroxyl groups excluding tert-OH is 1. The molecular weight excluding hydrogens is 552 g/mol. The maximum atomic E-state index is 14.6. The summed E-state index contributed by atoms with van der Waals surface area (Å²) in [6, 6.07) is 22.5. The van der Waals surface area contributed by atoms with Gasteiger partial charge in [0.15, 0.2) is 0 Å². The van der Waals surface area contributed by atoms with Crippen molar-refractivity contribution in [3.05, 3.63) is 83.6 Å². The number of amides is 1. The summed E-state index contributed by atoms with van der Waals surface area (Å²) >= 11 is 0. The van der Waals surface area contributed by atoms with E-state index in [0.717, 1.165) is 52.1 Å². The minimum absolute atomic E-state index is 0.0133. The molecule has 232 valence electrons. The van der Waals surface area contributed by atoms with Gasteiger partial charge in [0.2, 0.25) is 0 Å². The lowest BCUT2D eigenvalue weighted by molar-refractivity contribution is -0.0242. The highest BCUT2D eigenvalue weighted by Crippen LogP contribution is 2.38. The van der Waals surface area contributed by atoms with Crippen molar-refractivity contribution in [2.24, 2.45) is 13.0 Å². The number of aliphatic hydroxyl groups is 1. The molecule has 1 aromatic heterocycles. The van der Waals surface area contributed by atoms with Gasteiger partial charge in [-0.3, -0.25) is 9.69 Å². The lowest BCUT2D eigenvalue weighted by Crippen LogP contribution is -2.47. The van der Waals surface area contributed by atoms with Gasteiger partial charge in [0, 0.05) is 56.1 Å². The average Bonchev–Trinajstić information content (AvgIpc) is 3.32. The first-order valence-corrected chi connectivity index (χ1v) is 15.6. The highest BCUT2D eigenvalue weighted by atomic mass is 16.5. The van der Waals surface area contributed by atoms with Crippen molar-refractivity contribution in [3.8, 4) is 16.9 Å². The third kappa shape index (κ3) is 5.70. The molecule has 1 amide bonds. The maximum absolute atomic E-state index is 14.6. The zero-order chi connectivity index (χ0) is 31.0. The SMILES string of the molecule is C[C@H]1CN([C@@H](C)CO)C(=O)c2c(c3ccccc3n2C)-c2ccccc2CO[C@@H]1CN(C)Cc1ccc2c(c1)OCCN2C. The number of fused-ring (bicyclic) bond motifs is 6. The Bertz CT molecular complexity index is 1650. The number of aromatic nitrogens is 1. The second kappa shape index (κ2) is 12.6. The van der Waals surface area contributed by atoms with Crippen molar-refractivity contribution in [3.63, 3.8) is 0 Å². The monoisotopic (exact) mass is 596 g/mol. The lowest BCUT2D eigenvalue weighted by Gasteiger charge is -2.35. The molecule has 0 fully saturated rings. The molecule has 6 rings (SSSR count). The van der Waals surface area contributed by atoms with Crippen LogP contribution >= 0.6 is 0 Å². The van der Waals surface area contributed by atoms with Gasteiger partial charge in [0.05, 0.1) is 37.6 Å². The highest BCUT2D eigenvalue weighted by molar-refractivity contribution is 6.10. The summed E-state index contributed by atoms with van der Waals surface area (Å²) in [4.78, 5) is 20.9. The summed E-state index contributed by atoms with van der Waals surface area (Å²) in [7, 11) is 6.17. The Balaban J connectivity index is 1.34. The number of anilines is 1. The van der Waals surface area contributed by atoms with Crippen LogP contribution in [0.1, 0.15) is 35.5 Å². The van der Waals surface area contributed by atoms with E-state index >= 15 is 0 Å². The Labute approximate surface area is 260 Å². The van der Waals surface area contributed by atoms with Crippen LogP contribution in [0.3, 0.4) is 0 Å². The molecular formula is C36H44N4O4. The van der Waals surface area contributed by atoms with E-state index in [1.807, 2.05) is 47.7 Å². The van der Waals surface area contributed by atoms with Crippen molar-refractivity contribution in [2.75, 3.05) is 51.8 Å². The van der Waals surface area contributed by atoms with E-state index in [1.54, 1.807) is 0 Å². The smallest absolute Gasteiger partial charge is 0.271 e. The normalized spacial score (nSPS) is 19.7. The van der Waals surface area contributed by atoms with Gasteiger partial charge < -0.3 is 28.9 Å². The minimum atomic E-state index is -0.348. The maximum Gasteiger partial charge on any atom is 0.271 e. The van der Waals surface area contributed by atoms with Crippen LogP contribution in [0.5, 0.6) is 5.75 Å². The Morgan fingerprint density at radius 2 is 1.84 bits per heavy atom. The predicted octanol–water partition coefficient (Wildman–Crippen LogP) is 5.16. The van der Waals surface area contributed by atoms with Crippen molar-refractivity contribution in [1.82, 2.24) is 14.4 Å². The molecule has 0 aliphatic carbocycles. The molecule has 0 spiro atoms. The first-order valence-electron chi connectivity index (χ1n) is 15.6. The van der Waals surface area contributed by atoms with E-state index in [4.69, 9.17) is 9.47 Å². The second-order valence-electron chi connectivity index (χ2n) is 12.5. The van der Waals surface area contributed by atoms with Crippen molar-refractivity contribution < 1.29 is 19.4 Å². The number of hydrogen-bond donors (Lipinski definition) is 1. The lowest BCUT2D eigenvalue weighted by atomic mass is 9.96. The number of hydrogen-bond acceptors (Lipinski definition) is 6. The van der Waals surface area contributed by atoms with E-state index in [1.165, 1.54) is 5.56 Å². The quantitative estimate of drug-likeness (QED) is 0.332. The van der Waals surface area contributed by atoms with Crippen LogP contribution in [0.4, 0.5) is 5.69 Å². The van der Waals surface area contributed by atoms with Crippen LogP contribution in [-0.2, 0) is 24.9 Å². The molecule has 0 unspecified atom stereocenters. The highest BCUT2D eigenvalue weighted by Gasteiger charge is 2.33. The minimum Gasteiger partial charge on any atom is -0.490 e. The Kier molecular flexibility index (Phi) is 8.67. The molecule has 4 aromatic rings. The van der Waals surface area contributed by atoms with E-state index in [0.29, 0.717) is 32.0 Å². The van der Waals surface area contributed by atoms with E-state index in [9.17, 15) is 9.90 Å². The zero-order valence-corrected chi connectivity index (χ0v) is 26.5. The number of aryl methyl sites for hydroxylation is 1. The topological polar surface area (TPSA) is 70.4 Å². The molecule has 2 aliphatic rings. The van der Waals surface area contributed by atoms with Gasteiger partial charge in [-0.1, -0.05) is 55.5 Å². The summed E-state index contributed by atoms with van der Waals surface area (Å²) < 4.78 is 14.7. The fourth-order valence-corrected chi connectivity index (χ4v) is 6.71. The predicted molar refractivity (Wildman–Crippen MR) is 175 cm³/mol. The van der Waals surface area contributed by atoms with Crippen LogP contribution in [0.15, 0.2) is 66.7 Å². The third-order valence-electron chi connectivity index (χ3n) is 9.29. The number of carbonyl (C=O) groups excluding carboxylic acids is 1. The van der Waals surface area contributed by atoms with Crippen LogP contribution in [0.2, 0.25) is 0 Å². The van der Waals surface area contributed by atoms with Crippen LogP contribution in [-0.4, -0.2) is 84.5 Å². The number of nitrogens with zero attached hydrogens (tertiary/aromatic N) is 4. The molecule has 3 atom stereocenters. The number of ether oxygens (including phenoxy) is 2. The van der Waals surface area contributed by atoms with Crippen molar-refractivity contribution in [2.45, 2.75) is 39.1 Å². The molecule has 0 radical (unpaired) electrons. The molecule has 8 heteroatoms. The molecule has 0 saturated heterocycles. The molecule has 0 saturated carbocycles. The summed E-state index contributed by atoms with van der Waals surface area (Å²) in [6.45, 7) is 7.87. The first-order chi connectivity index (χ1) is 21.3. The molecule has 2 aliphatic heterocycles. The van der Waals surface area contributed by atoms with Crippen molar-refractivity contribution >= 4 is 22.5 Å². The number of likely N-dealkylation sites (N-methyl/N-ethyl adjacent to an activating group) is 2. The molecule has 3 aromatic carbocycles. The first kappa shape index (κ1) is 30.2. The van der Waals surface area contributed by atoms with Gasteiger partial charge >= 0.3 is 0 Å². The standard InChI is InChI=1S/C36H44N4O4/c1-24-19-40(25(2)22-41)36(42)35-34(29-12-8-9-13-30(29)39(35)5)28-11-7-6-10-27(28)23-44-33(24)21-37(3)20-26-14-15-31-32(18-26)43-17-16-38(31)4/h6-15,18,24-25,33,41H,16-17,19-23H2,1-5H3/t24-,25-,33+/m0/s1. The Hall–Kier alpha value is -3.85. The van der Waals surface area contributed by atoms with E-state index in [-0.39, 0.29) is 30.6 Å². The third-order valence-corrected chi connectivity index (χ3v) is 9.29. The summed E-state index contributed by atoms with van der Waals surface area (Å²) in [5.74, 6) is 0.870. The molecule has 44 heavy (non-hydrogen) atoms. The average molecular weight is 597 g/mol. The largest absolute Gasteiger partial charge is 0.490 e. The zero-order valence-electron chi connectivity index (χ0n) is 26.5. The van der Waals surface area contributed by atoms with Crippen LogP contribution < -0.4 is 9.64 Å². The molecule has 8 nitrogen and oxygen atoms in total.